The molecule has 1 atom stereocenters. The minimum Gasteiger partial charge on any atom is -0.312 e. The molecule has 1 aliphatic heterocycles. The van der Waals surface area contributed by atoms with Gasteiger partial charge in [-0.3, -0.25) is 9.69 Å². The summed E-state index contributed by atoms with van der Waals surface area (Å²) < 4.78 is 42.1. The van der Waals surface area contributed by atoms with Crippen molar-refractivity contribution < 1.29 is 22.8 Å². The Morgan fingerprint density at radius 2 is 1.63 bits per heavy atom. The molecule has 0 bridgehead atoms. The number of hydrogen-bond acceptors (Lipinski definition) is 3. The second kappa shape index (κ2) is 6.51. The Balaban J connectivity index is 1.65. The zero-order valence-corrected chi connectivity index (χ0v) is 14.8. The van der Waals surface area contributed by atoms with Crippen molar-refractivity contribution in [2.45, 2.75) is 62.3 Å². The molecule has 2 aliphatic carbocycles. The third-order valence-electron chi connectivity index (χ3n) is 5.85. The molecule has 27 heavy (non-hydrogen) atoms. The van der Waals surface area contributed by atoms with Crippen LogP contribution in [0.5, 0.6) is 0 Å². The average Bonchev–Trinajstić information content (AvgIpc) is 3.25. The zero-order valence-electron chi connectivity index (χ0n) is 14.8. The van der Waals surface area contributed by atoms with Crippen LogP contribution in [-0.2, 0) is 10.3 Å². The van der Waals surface area contributed by atoms with Gasteiger partial charge in [0, 0.05) is 12.1 Å². The number of amides is 3. The molecule has 0 spiro atoms. The topological polar surface area (TPSA) is 52.7 Å². The van der Waals surface area contributed by atoms with E-state index in [2.05, 4.69) is 4.90 Å². The molecule has 3 aliphatic rings. The molecule has 3 amide bonds. The molecule has 1 unspecified atom stereocenters. The van der Waals surface area contributed by atoms with Gasteiger partial charge in [-0.2, -0.15) is 13.2 Å². The second-order valence-electron chi connectivity index (χ2n) is 7.60. The Bertz CT molecular complexity index is 729. The number of benzene rings is 1. The van der Waals surface area contributed by atoms with Gasteiger partial charge < -0.3 is 5.32 Å². The van der Waals surface area contributed by atoms with E-state index in [1.165, 1.54) is 24.3 Å². The summed E-state index contributed by atoms with van der Waals surface area (Å²) in [4.78, 5) is 28.3. The van der Waals surface area contributed by atoms with Crippen molar-refractivity contribution in [3.63, 3.8) is 0 Å². The van der Waals surface area contributed by atoms with Gasteiger partial charge in [0.25, 0.3) is 5.91 Å². The largest absolute Gasteiger partial charge is 0.425 e. The van der Waals surface area contributed by atoms with Gasteiger partial charge in [0.05, 0.1) is 6.67 Å². The van der Waals surface area contributed by atoms with Gasteiger partial charge in [-0.05, 0) is 31.2 Å². The van der Waals surface area contributed by atoms with Crippen LogP contribution in [0.1, 0.15) is 44.1 Å². The maximum Gasteiger partial charge on any atom is 0.425 e. The Hall–Kier alpha value is -2.09. The molecular formula is C19H22F3N3O2. The quantitative estimate of drug-likeness (QED) is 0.796. The summed E-state index contributed by atoms with van der Waals surface area (Å²) in [5, 5.41) is 1.96. The lowest BCUT2D eigenvalue weighted by Crippen LogP contribution is -2.56. The fraction of sp³-hybridized carbons (Fsp3) is 0.579. The molecule has 146 valence electrons. The number of nitrogens with zero attached hydrogens (tertiary/aromatic N) is 2. The van der Waals surface area contributed by atoms with Gasteiger partial charge in [0.15, 0.2) is 0 Å². The van der Waals surface area contributed by atoms with Crippen molar-refractivity contribution in [3.05, 3.63) is 35.9 Å². The number of halogens is 3. The first-order chi connectivity index (χ1) is 12.8. The summed E-state index contributed by atoms with van der Waals surface area (Å²) in [5.41, 5.74) is -3.28. The van der Waals surface area contributed by atoms with E-state index in [-0.39, 0.29) is 24.3 Å². The standard InChI is InChI=1S/C19H22F3N3O2/c20-19(21,22)18(13-6-2-1-3-7-13)16(26)25(17(27)23-18)12-24(15-10-11-15)14-8-4-5-9-14/h1-3,6-7,14-15H,4-5,8-12H2,(H,23,27). The first-order valence-electron chi connectivity index (χ1n) is 9.36. The highest BCUT2D eigenvalue weighted by molar-refractivity contribution is 6.08. The summed E-state index contributed by atoms with van der Waals surface area (Å²) in [7, 11) is 0. The van der Waals surface area contributed by atoms with Crippen LogP contribution in [0.25, 0.3) is 0 Å². The van der Waals surface area contributed by atoms with Crippen molar-refractivity contribution in [2.75, 3.05) is 6.67 Å². The maximum atomic E-state index is 14.0. The predicted molar refractivity (Wildman–Crippen MR) is 91.5 cm³/mol. The Kier molecular flexibility index (Phi) is 4.41. The van der Waals surface area contributed by atoms with Crippen LogP contribution in [0.15, 0.2) is 30.3 Å². The monoisotopic (exact) mass is 381 g/mol. The van der Waals surface area contributed by atoms with Gasteiger partial charge in [0.1, 0.15) is 0 Å². The third-order valence-corrected chi connectivity index (χ3v) is 5.85. The number of carbonyl (C=O) groups is 2. The Morgan fingerprint density at radius 1 is 1.04 bits per heavy atom. The number of rotatable bonds is 5. The van der Waals surface area contributed by atoms with E-state index in [1.807, 2.05) is 5.32 Å². The Morgan fingerprint density at radius 3 is 2.19 bits per heavy atom. The summed E-state index contributed by atoms with van der Waals surface area (Å²) in [6, 6.07) is 6.39. The van der Waals surface area contributed by atoms with Crippen LogP contribution < -0.4 is 5.32 Å². The SMILES string of the molecule is O=C1NC(c2ccccc2)(C(F)(F)F)C(=O)N1CN(C1CCCC1)C1CC1. The van der Waals surface area contributed by atoms with Gasteiger partial charge in [-0.15, -0.1) is 0 Å². The number of imide groups is 1. The van der Waals surface area contributed by atoms with Crippen LogP contribution in [-0.4, -0.2) is 46.7 Å². The first-order valence-corrected chi connectivity index (χ1v) is 9.36. The number of alkyl halides is 3. The molecule has 4 rings (SSSR count). The molecule has 2 saturated carbocycles. The number of carbonyl (C=O) groups excluding carboxylic acids is 2. The lowest BCUT2D eigenvalue weighted by molar-refractivity contribution is -0.198. The van der Waals surface area contributed by atoms with Gasteiger partial charge in [0.2, 0.25) is 5.54 Å². The minimum absolute atomic E-state index is 0.0787. The highest BCUT2D eigenvalue weighted by atomic mass is 19.4. The van der Waals surface area contributed by atoms with Crippen LogP contribution in [0, 0.1) is 0 Å². The highest BCUT2D eigenvalue weighted by Gasteiger charge is 2.68. The second-order valence-corrected chi connectivity index (χ2v) is 7.60. The Labute approximate surface area is 155 Å². The highest BCUT2D eigenvalue weighted by Crippen LogP contribution is 2.44. The van der Waals surface area contributed by atoms with Crippen molar-refractivity contribution in [3.8, 4) is 0 Å². The third kappa shape index (κ3) is 2.99. The maximum absolute atomic E-state index is 14.0. The molecule has 1 heterocycles. The van der Waals surface area contributed by atoms with Crippen LogP contribution in [0.2, 0.25) is 0 Å². The zero-order chi connectivity index (χ0) is 19.2. The predicted octanol–water partition coefficient (Wildman–Crippen LogP) is 3.36. The molecule has 1 aromatic rings. The van der Waals surface area contributed by atoms with E-state index < -0.39 is 23.7 Å². The lowest BCUT2D eigenvalue weighted by atomic mass is 9.89. The number of urea groups is 1. The number of hydrogen-bond donors (Lipinski definition) is 1. The lowest BCUT2D eigenvalue weighted by Gasteiger charge is -2.33. The van der Waals surface area contributed by atoms with E-state index in [0.717, 1.165) is 43.4 Å². The number of nitrogens with one attached hydrogen (secondary N) is 1. The van der Waals surface area contributed by atoms with Crippen LogP contribution in [0.3, 0.4) is 0 Å². The van der Waals surface area contributed by atoms with E-state index in [0.29, 0.717) is 0 Å². The molecule has 0 radical (unpaired) electrons. The summed E-state index contributed by atoms with van der Waals surface area (Å²) in [5.74, 6) is -1.24. The average molecular weight is 381 g/mol. The van der Waals surface area contributed by atoms with Gasteiger partial charge >= 0.3 is 12.2 Å². The van der Waals surface area contributed by atoms with Gasteiger partial charge in [-0.25, -0.2) is 9.69 Å². The summed E-state index contributed by atoms with van der Waals surface area (Å²) in [6.07, 6.45) is 1.06. The van der Waals surface area contributed by atoms with E-state index in [1.54, 1.807) is 6.07 Å². The van der Waals surface area contributed by atoms with E-state index >= 15 is 0 Å². The molecule has 1 N–H and O–H groups in total. The van der Waals surface area contributed by atoms with Crippen molar-refractivity contribution in [1.29, 1.82) is 0 Å². The summed E-state index contributed by atoms with van der Waals surface area (Å²) in [6.45, 7) is -0.0787. The fourth-order valence-corrected chi connectivity index (χ4v) is 4.28. The van der Waals surface area contributed by atoms with Crippen molar-refractivity contribution >= 4 is 11.9 Å². The van der Waals surface area contributed by atoms with Crippen molar-refractivity contribution in [1.82, 2.24) is 15.1 Å². The molecular weight excluding hydrogens is 359 g/mol. The molecule has 1 aromatic carbocycles. The first kappa shape index (κ1) is 18.3. The van der Waals surface area contributed by atoms with Crippen LogP contribution >= 0.6 is 0 Å². The molecule has 1 saturated heterocycles. The smallest absolute Gasteiger partial charge is 0.312 e. The van der Waals surface area contributed by atoms with E-state index in [9.17, 15) is 22.8 Å². The normalized spacial score (nSPS) is 26.9. The molecule has 8 heteroatoms. The summed E-state index contributed by atoms with van der Waals surface area (Å²) >= 11 is 0. The van der Waals surface area contributed by atoms with Crippen LogP contribution in [0.4, 0.5) is 18.0 Å². The molecule has 3 fully saturated rings. The van der Waals surface area contributed by atoms with Gasteiger partial charge in [-0.1, -0.05) is 43.2 Å². The fourth-order valence-electron chi connectivity index (χ4n) is 4.28. The minimum atomic E-state index is -4.94. The van der Waals surface area contributed by atoms with Crippen molar-refractivity contribution in [2.24, 2.45) is 0 Å². The molecule has 0 aromatic heterocycles. The molecule has 5 nitrogen and oxygen atoms in total. The van der Waals surface area contributed by atoms with E-state index in [4.69, 9.17) is 0 Å².